The summed E-state index contributed by atoms with van der Waals surface area (Å²) >= 11 is 1.46. The zero-order valence-corrected chi connectivity index (χ0v) is 19.8. The molecule has 1 aromatic heterocycles. The second kappa shape index (κ2) is 10.8. The van der Waals surface area contributed by atoms with Crippen LogP contribution in [0.15, 0.2) is 42.5 Å². The maximum absolute atomic E-state index is 12.6. The molecule has 2 aromatic carbocycles. The molecular formula is C24H27ClN2O4S. The van der Waals surface area contributed by atoms with E-state index in [1.54, 1.807) is 6.92 Å². The van der Waals surface area contributed by atoms with Gasteiger partial charge in [-0.05, 0) is 48.4 Å². The van der Waals surface area contributed by atoms with Gasteiger partial charge >= 0.3 is 5.97 Å². The number of halogens is 1. The van der Waals surface area contributed by atoms with Gasteiger partial charge in [0.2, 0.25) is 0 Å². The Morgan fingerprint density at radius 2 is 1.91 bits per heavy atom. The molecule has 3 aromatic rings. The number of likely N-dealkylation sites (N-methyl/N-ethyl adjacent to an activating group) is 1. The SMILES string of the molecule is CCOC(=O)c1c(NC(=O)COc2ccc3ccccc3c2)sc2c1CCN(CC)C2.Cl. The first-order valence-corrected chi connectivity index (χ1v) is 11.4. The number of anilines is 1. The Morgan fingerprint density at radius 3 is 2.66 bits per heavy atom. The molecular weight excluding hydrogens is 448 g/mol. The van der Waals surface area contributed by atoms with Crippen LogP contribution < -0.4 is 10.1 Å². The third-order valence-corrected chi connectivity index (χ3v) is 6.54. The number of nitrogens with one attached hydrogen (secondary N) is 1. The van der Waals surface area contributed by atoms with Gasteiger partial charge in [0.25, 0.3) is 5.91 Å². The summed E-state index contributed by atoms with van der Waals surface area (Å²) in [5.74, 6) is -0.0520. The molecule has 1 amide bonds. The number of nitrogens with zero attached hydrogens (tertiary/aromatic N) is 1. The van der Waals surface area contributed by atoms with Gasteiger partial charge in [0.05, 0.1) is 12.2 Å². The quantitative estimate of drug-likeness (QED) is 0.493. The van der Waals surface area contributed by atoms with Crippen LogP contribution in [-0.4, -0.2) is 43.1 Å². The van der Waals surface area contributed by atoms with Crippen LogP contribution in [0.5, 0.6) is 5.75 Å². The number of hydrogen-bond donors (Lipinski definition) is 1. The fourth-order valence-corrected chi connectivity index (χ4v) is 5.10. The van der Waals surface area contributed by atoms with Crippen LogP contribution in [0, 0.1) is 0 Å². The summed E-state index contributed by atoms with van der Waals surface area (Å²) < 4.78 is 11.0. The van der Waals surface area contributed by atoms with Gasteiger partial charge in [0.1, 0.15) is 10.8 Å². The van der Waals surface area contributed by atoms with Crippen LogP contribution in [0.4, 0.5) is 5.00 Å². The highest BCUT2D eigenvalue weighted by atomic mass is 35.5. The summed E-state index contributed by atoms with van der Waals surface area (Å²) in [6.45, 7) is 6.70. The van der Waals surface area contributed by atoms with Crippen LogP contribution >= 0.6 is 23.7 Å². The molecule has 8 heteroatoms. The molecule has 0 fully saturated rings. The predicted octanol–water partition coefficient (Wildman–Crippen LogP) is 4.90. The lowest BCUT2D eigenvalue weighted by Crippen LogP contribution is -2.30. The molecule has 0 spiro atoms. The van der Waals surface area contributed by atoms with Gasteiger partial charge in [-0.1, -0.05) is 37.3 Å². The highest BCUT2D eigenvalue weighted by Gasteiger charge is 2.29. The molecule has 0 radical (unpaired) electrons. The fraction of sp³-hybridized carbons (Fsp3) is 0.333. The van der Waals surface area contributed by atoms with E-state index >= 15 is 0 Å². The molecule has 0 atom stereocenters. The standard InChI is InChI=1S/C24H26N2O4S.ClH/c1-3-26-12-11-19-20(14-26)31-23(22(19)24(28)29-4-2)25-21(27)15-30-18-10-9-16-7-5-6-8-17(16)13-18;/h5-10,13H,3-4,11-12,14-15H2,1-2H3,(H,25,27);1H. The van der Waals surface area contributed by atoms with Crippen LogP contribution in [0.2, 0.25) is 0 Å². The Bertz CT molecular complexity index is 1110. The summed E-state index contributed by atoms with van der Waals surface area (Å²) in [6.07, 6.45) is 0.775. The van der Waals surface area contributed by atoms with Crippen molar-refractivity contribution < 1.29 is 19.1 Å². The zero-order valence-electron chi connectivity index (χ0n) is 18.2. The minimum absolute atomic E-state index is 0. The average Bonchev–Trinajstić information content (AvgIpc) is 3.14. The van der Waals surface area contributed by atoms with Crippen LogP contribution in [0.1, 0.15) is 34.6 Å². The highest BCUT2D eigenvalue weighted by Crippen LogP contribution is 2.37. The number of esters is 1. The Labute approximate surface area is 197 Å². The second-order valence-electron chi connectivity index (χ2n) is 7.39. The Kier molecular flexibility index (Phi) is 8.12. The van der Waals surface area contributed by atoms with Crippen molar-refractivity contribution in [2.24, 2.45) is 0 Å². The van der Waals surface area contributed by atoms with Crippen molar-refractivity contribution in [2.45, 2.75) is 26.8 Å². The van der Waals surface area contributed by atoms with Crippen LogP contribution in [-0.2, 0) is 22.5 Å². The molecule has 6 nitrogen and oxygen atoms in total. The number of rotatable bonds is 7. The van der Waals surface area contributed by atoms with E-state index in [1.165, 1.54) is 11.3 Å². The number of carbonyl (C=O) groups is 2. The summed E-state index contributed by atoms with van der Waals surface area (Å²) in [5, 5.41) is 5.60. The summed E-state index contributed by atoms with van der Waals surface area (Å²) in [5.41, 5.74) is 1.50. The van der Waals surface area contributed by atoms with Gasteiger partial charge in [0, 0.05) is 18.0 Å². The van der Waals surface area contributed by atoms with Crippen molar-refractivity contribution in [3.05, 3.63) is 58.5 Å². The van der Waals surface area contributed by atoms with Crippen molar-refractivity contribution in [3.63, 3.8) is 0 Å². The molecule has 1 N–H and O–H groups in total. The fourth-order valence-electron chi connectivity index (χ4n) is 3.80. The van der Waals surface area contributed by atoms with E-state index in [2.05, 4.69) is 17.1 Å². The Balaban J connectivity index is 0.00000289. The first kappa shape index (κ1) is 24.0. The predicted molar refractivity (Wildman–Crippen MR) is 130 cm³/mol. The van der Waals surface area contributed by atoms with Gasteiger partial charge in [-0.3, -0.25) is 9.69 Å². The van der Waals surface area contributed by atoms with Crippen molar-refractivity contribution in [2.75, 3.05) is 31.6 Å². The van der Waals surface area contributed by atoms with E-state index in [-0.39, 0.29) is 30.9 Å². The first-order chi connectivity index (χ1) is 15.1. The zero-order chi connectivity index (χ0) is 21.8. The smallest absolute Gasteiger partial charge is 0.341 e. The van der Waals surface area contributed by atoms with Gasteiger partial charge in [-0.15, -0.1) is 23.7 Å². The molecule has 2 heterocycles. The van der Waals surface area contributed by atoms with E-state index in [0.29, 0.717) is 22.9 Å². The molecule has 1 aliphatic heterocycles. The topological polar surface area (TPSA) is 67.9 Å². The minimum Gasteiger partial charge on any atom is -0.484 e. The van der Waals surface area contributed by atoms with E-state index in [4.69, 9.17) is 9.47 Å². The Morgan fingerprint density at radius 1 is 1.12 bits per heavy atom. The first-order valence-electron chi connectivity index (χ1n) is 10.5. The van der Waals surface area contributed by atoms with E-state index < -0.39 is 0 Å². The second-order valence-corrected chi connectivity index (χ2v) is 8.50. The van der Waals surface area contributed by atoms with Crippen molar-refractivity contribution in [3.8, 4) is 5.75 Å². The lowest BCUT2D eigenvalue weighted by Gasteiger charge is -2.25. The molecule has 0 aliphatic carbocycles. The van der Waals surface area contributed by atoms with Crippen LogP contribution in [0.25, 0.3) is 10.8 Å². The maximum atomic E-state index is 12.6. The molecule has 0 unspecified atom stereocenters. The van der Waals surface area contributed by atoms with E-state index in [9.17, 15) is 9.59 Å². The Hall–Kier alpha value is -2.61. The van der Waals surface area contributed by atoms with Crippen LogP contribution in [0.3, 0.4) is 0 Å². The molecule has 0 saturated heterocycles. The number of benzene rings is 2. The molecule has 170 valence electrons. The maximum Gasteiger partial charge on any atom is 0.341 e. The van der Waals surface area contributed by atoms with Gasteiger partial charge in [0.15, 0.2) is 6.61 Å². The number of amides is 1. The molecule has 0 saturated carbocycles. The average molecular weight is 475 g/mol. The summed E-state index contributed by atoms with van der Waals surface area (Å²) in [7, 11) is 0. The molecule has 32 heavy (non-hydrogen) atoms. The number of fused-ring (bicyclic) bond motifs is 2. The summed E-state index contributed by atoms with van der Waals surface area (Å²) in [4.78, 5) is 28.7. The largest absolute Gasteiger partial charge is 0.484 e. The van der Waals surface area contributed by atoms with E-state index in [1.807, 2.05) is 42.5 Å². The van der Waals surface area contributed by atoms with Gasteiger partial charge in [-0.2, -0.15) is 0 Å². The van der Waals surface area contributed by atoms with Crippen molar-refractivity contribution in [1.29, 1.82) is 0 Å². The van der Waals surface area contributed by atoms with E-state index in [0.717, 1.165) is 47.3 Å². The lowest BCUT2D eigenvalue weighted by atomic mass is 10.0. The number of thiophene rings is 1. The number of ether oxygens (including phenoxy) is 2. The molecule has 4 rings (SSSR count). The number of carbonyl (C=O) groups excluding carboxylic acids is 2. The third kappa shape index (κ3) is 5.23. The third-order valence-electron chi connectivity index (χ3n) is 5.41. The lowest BCUT2D eigenvalue weighted by molar-refractivity contribution is -0.118. The molecule has 1 aliphatic rings. The number of hydrogen-bond acceptors (Lipinski definition) is 6. The van der Waals surface area contributed by atoms with Gasteiger partial charge in [-0.25, -0.2) is 4.79 Å². The molecule has 0 bridgehead atoms. The van der Waals surface area contributed by atoms with Gasteiger partial charge < -0.3 is 14.8 Å². The summed E-state index contributed by atoms with van der Waals surface area (Å²) in [6, 6.07) is 13.7. The minimum atomic E-state index is -0.379. The monoisotopic (exact) mass is 474 g/mol. The normalized spacial score (nSPS) is 13.2. The highest BCUT2D eigenvalue weighted by molar-refractivity contribution is 7.17. The van der Waals surface area contributed by atoms with Crippen molar-refractivity contribution >= 4 is 51.4 Å². The van der Waals surface area contributed by atoms with Crippen molar-refractivity contribution in [1.82, 2.24) is 4.90 Å².